The quantitative estimate of drug-likeness (QED) is 0.835. The number of halogens is 3. The number of thiazole rings is 1. The van der Waals surface area contributed by atoms with Gasteiger partial charge in [-0.3, -0.25) is 4.79 Å². The third kappa shape index (κ3) is 4.45. The first-order valence-corrected chi connectivity index (χ1v) is 8.28. The van der Waals surface area contributed by atoms with Crippen molar-refractivity contribution in [2.75, 3.05) is 6.54 Å². The highest BCUT2D eigenvalue weighted by Gasteiger charge is 2.28. The molecule has 1 aromatic heterocycles. The molecule has 3 rings (SSSR count). The van der Waals surface area contributed by atoms with Crippen LogP contribution in [0, 0.1) is 11.7 Å². The van der Waals surface area contributed by atoms with E-state index in [-0.39, 0.29) is 42.6 Å². The number of hydrogen-bond acceptors (Lipinski definition) is 4. The third-order valence-electron chi connectivity index (χ3n) is 4.12. The number of nitrogens with two attached hydrogens (primary N) is 1. The molecule has 1 aliphatic carbocycles. The van der Waals surface area contributed by atoms with E-state index >= 15 is 0 Å². The van der Waals surface area contributed by atoms with Crippen molar-refractivity contribution < 1.29 is 9.18 Å². The summed E-state index contributed by atoms with van der Waals surface area (Å²) in [5.74, 6) is -0.194. The van der Waals surface area contributed by atoms with Gasteiger partial charge in [0.1, 0.15) is 16.5 Å². The summed E-state index contributed by atoms with van der Waals surface area (Å²) in [5, 5.41) is 5.20. The molecular weight excluding hydrogens is 372 g/mol. The van der Waals surface area contributed by atoms with Crippen LogP contribution in [0.3, 0.4) is 0 Å². The van der Waals surface area contributed by atoms with E-state index < -0.39 is 0 Å². The summed E-state index contributed by atoms with van der Waals surface area (Å²) in [7, 11) is 0. The Morgan fingerprint density at radius 3 is 2.79 bits per heavy atom. The van der Waals surface area contributed by atoms with Crippen molar-refractivity contribution in [3.05, 3.63) is 41.2 Å². The molecule has 0 saturated heterocycles. The van der Waals surface area contributed by atoms with E-state index in [1.165, 1.54) is 17.4 Å². The van der Waals surface area contributed by atoms with E-state index in [4.69, 9.17) is 5.73 Å². The Morgan fingerprint density at radius 1 is 1.33 bits per heavy atom. The van der Waals surface area contributed by atoms with Crippen LogP contribution >= 0.6 is 36.2 Å². The highest BCUT2D eigenvalue weighted by molar-refractivity contribution is 7.13. The minimum Gasteiger partial charge on any atom is -0.348 e. The highest BCUT2D eigenvalue weighted by atomic mass is 35.5. The minimum atomic E-state index is -0.331. The molecule has 0 radical (unpaired) electrons. The maximum atomic E-state index is 13.8. The van der Waals surface area contributed by atoms with Crippen LogP contribution < -0.4 is 11.1 Å². The lowest BCUT2D eigenvalue weighted by molar-refractivity contribution is 0.0924. The van der Waals surface area contributed by atoms with Gasteiger partial charge in [-0.15, -0.1) is 36.2 Å². The van der Waals surface area contributed by atoms with Gasteiger partial charge in [0.2, 0.25) is 0 Å². The molecule has 1 saturated carbocycles. The number of aromatic nitrogens is 1. The summed E-state index contributed by atoms with van der Waals surface area (Å²) in [6, 6.07) is 6.56. The summed E-state index contributed by atoms with van der Waals surface area (Å²) in [5.41, 5.74) is 6.49. The molecule has 1 heterocycles. The second-order valence-electron chi connectivity index (χ2n) is 5.52. The Balaban J connectivity index is 0.00000144. The number of benzene rings is 1. The SMILES string of the molecule is Cl.Cl.NCC1CCCC1NC(=O)c1csc(-c2ccccc2F)n1. The average molecular weight is 392 g/mol. The molecular formula is C16H20Cl2FN3OS. The molecule has 1 fully saturated rings. The summed E-state index contributed by atoms with van der Waals surface area (Å²) in [6.45, 7) is 0.586. The number of carbonyl (C=O) groups excluding carboxylic acids is 1. The van der Waals surface area contributed by atoms with Crippen LogP contribution in [0.4, 0.5) is 4.39 Å². The molecule has 3 N–H and O–H groups in total. The van der Waals surface area contributed by atoms with Gasteiger partial charge < -0.3 is 11.1 Å². The lowest BCUT2D eigenvalue weighted by Crippen LogP contribution is -2.40. The zero-order valence-electron chi connectivity index (χ0n) is 12.9. The molecule has 2 aromatic rings. The first-order valence-electron chi connectivity index (χ1n) is 7.40. The molecule has 0 spiro atoms. The van der Waals surface area contributed by atoms with Crippen molar-refractivity contribution in [1.29, 1.82) is 0 Å². The number of nitrogens with one attached hydrogen (secondary N) is 1. The molecule has 2 unspecified atom stereocenters. The Hall–Kier alpha value is -1.21. The van der Waals surface area contributed by atoms with Gasteiger partial charge in [-0.25, -0.2) is 9.37 Å². The molecule has 1 aromatic carbocycles. The van der Waals surface area contributed by atoms with E-state index in [0.29, 0.717) is 28.7 Å². The fraction of sp³-hybridized carbons (Fsp3) is 0.375. The van der Waals surface area contributed by atoms with E-state index in [2.05, 4.69) is 10.3 Å². The summed E-state index contributed by atoms with van der Waals surface area (Å²) in [4.78, 5) is 16.6. The highest BCUT2D eigenvalue weighted by Crippen LogP contribution is 2.27. The average Bonchev–Trinajstić information content (AvgIpc) is 3.16. The maximum absolute atomic E-state index is 13.8. The fourth-order valence-corrected chi connectivity index (χ4v) is 3.71. The molecule has 2 atom stereocenters. The summed E-state index contributed by atoms with van der Waals surface area (Å²) >= 11 is 1.27. The second kappa shape index (κ2) is 9.32. The smallest absolute Gasteiger partial charge is 0.271 e. The van der Waals surface area contributed by atoms with Crippen molar-refractivity contribution in [1.82, 2.24) is 10.3 Å². The Bertz CT molecular complexity index is 683. The van der Waals surface area contributed by atoms with Gasteiger partial charge in [0, 0.05) is 17.0 Å². The standard InChI is InChI=1S/C16H18FN3OS.2ClH/c17-12-6-2-1-5-11(12)16-20-14(9-22-16)15(21)19-13-7-3-4-10(13)8-18;;/h1-2,5-6,9-10,13H,3-4,7-8,18H2,(H,19,21);2*1H. The van der Waals surface area contributed by atoms with Gasteiger partial charge in [-0.2, -0.15) is 0 Å². The van der Waals surface area contributed by atoms with Crippen LogP contribution in [0.25, 0.3) is 10.6 Å². The van der Waals surface area contributed by atoms with E-state index in [1.54, 1.807) is 23.6 Å². The van der Waals surface area contributed by atoms with Gasteiger partial charge in [0.15, 0.2) is 0 Å². The molecule has 4 nitrogen and oxygen atoms in total. The van der Waals surface area contributed by atoms with Crippen LogP contribution in [0.2, 0.25) is 0 Å². The van der Waals surface area contributed by atoms with E-state index in [0.717, 1.165) is 19.3 Å². The van der Waals surface area contributed by atoms with Crippen molar-refractivity contribution in [2.24, 2.45) is 11.7 Å². The Kier molecular flexibility index (Phi) is 8.09. The van der Waals surface area contributed by atoms with E-state index in [1.807, 2.05) is 0 Å². The number of rotatable bonds is 4. The Labute approximate surface area is 156 Å². The van der Waals surface area contributed by atoms with E-state index in [9.17, 15) is 9.18 Å². The van der Waals surface area contributed by atoms with Gasteiger partial charge in [-0.05, 0) is 37.4 Å². The van der Waals surface area contributed by atoms with Crippen LogP contribution in [0.15, 0.2) is 29.6 Å². The Morgan fingerprint density at radius 2 is 2.08 bits per heavy atom. The summed E-state index contributed by atoms with van der Waals surface area (Å²) < 4.78 is 13.8. The summed E-state index contributed by atoms with van der Waals surface area (Å²) in [6.07, 6.45) is 3.10. The monoisotopic (exact) mass is 391 g/mol. The van der Waals surface area contributed by atoms with Gasteiger partial charge in [0.25, 0.3) is 5.91 Å². The minimum absolute atomic E-state index is 0. The second-order valence-corrected chi connectivity index (χ2v) is 6.38. The lowest BCUT2D eigenvalue weighted by Gasteiger charge is -2.18. The van der Waals surface area contributed by atoms with Crippen molar-refractivity contribution >= 4 is 42.1 Å². The largest absolute Gasteiger partial charge is 0.348 e. The normalized spacial score (nSPS) is 19.2. The maximum Gasteiger partial charge on any atom is 0.271 e. The number of amides is 1. The number of nitrogens with zero attached hydrogens (tertiary/aromatic N) is 1. The van der Waals surface area contributed by atoms with Crippen LogP contribution in [-0.2, 0) is 0 Å². The predicted molar refractivity (Wildman–Crippen MR) is 99.7 cm³/mol. The van der Waals surface area contributed by atoms with Crippen molar-refractivity contribution in [3.63, 3.8) is 0 Å². The first-order chi connectivity index (χ1) is 10.7. The molecule has 8 heteroatoms. The van der Waals surface area contributed by atoms with Crippen molar-refractivity contribution in [2.45, 2.75) is 25.3 Å². The lowest BCUT2D eigenvalue weighted by atomic mass is 10.0. The topological polar surface area (TPSA) is 68.0 Å². The molecule has 0 bridgehead atoms. The third-order valence-corrected chi connectivity index (χ3v) is 4.99. The zero-order valence-corrected chi connectivity index (χ0v) is 15.4. The molecule has 132 valence electrons. The predicted octanol–water partition coefficient (Wildman–Crippen LogP) is 3.65. The van der Waals surface area contributed by atoms with Gasteiger partial charge in [-0.1, -0.05) is 18.6 Å². The van der Waals surface area contributed by atoms with Crippen LogP contribution in [0.1, 0.15) is 29.8 Å². The molecule has 1 aliphatic rings. The zero-order chi connectivity index (χ0) is 15.5. The number of hydrogen-bond donors (Lipinski definition) is 2. The van der Waals surface area contributed by atoms with Crippen molar-refractivity contribution in [3.8, 4) is 10.6 Å². The fourth-order valence-electron chi connectivity index (χ4n) is 2.89. The molecule has 0 aliphatic heterocycles. The van der Waals surface area contributed by atoms with Gasteiger partial charge in [0.05, 0.1) is 0 Å². The van der Waals surface area contributed by atoms with Crippen LogP contribution in [0.5, 0.6) is 0 Å². The molecule has 24 heavy (non-hydrogen) atoms. The van der Waals surface area contributed by atoms with Crippen LogP contribution in [-0.4, -0.2) is 23.5 Å². The molecule has 1 amide bonds. The first kappa shape index (κ1) is 20.8. The number of carbonyl (C=O) groups is 1. The van der Waals surface area contributed by atoms with Gasteiger partial charge >= 0.3 is 0 Å².